The predicted molar refractivity (Wildman–Crippen MR) is 57.7 cm³/mol. The van der Waals surface area contributed by atoms with Crippen LogP contribution in [-0.2, 0) is 0 Å². The lowest BCUT2D eigenvalue weighted by atomic mass is 10.3. The van der Waals surface area contributed by atoms with Crippen LogP contribution in [-0.4, -0.2) is 13.7 Å². The van der Waals surface area contributed by atoms with Crippen molar-refractivity contribution in [2.24, 2.45) is 0 Å². The van der Waals surface area contributed by atoms with E-state index in [1.807, 2.05) is 0 Å². The molecule has 0 unspecified atom stereocenters. The number of hydrogen-bond donors (Lipinski definition) is 1. The molecule has 0 aliphatic carbocycles. The van der Waals surface area contributed by atoms with Crippen molar-refractivity contribution in [3.8, 4) is 17.6 Å². The van der Waals surface area contributed by atoms with Crippen LogP contribution in [0.1, 0.15) is 12.8 Å². The van der Waals surface area contributed by atoms with Crippen LogP contribution >= 0.6 is 0 Å². The van der Waals surface area contributed by atoms with Gasteiger partial charge in [-0.3, -0.25) is 0 Å². The van der Waals surface area contributed by atoms with Gasteiger partial charge in [-0.25, -0.2) is 0 Å². The summed E-state index contributed by atoms with van der Waals surface area (Å²) < 4.78 is 10.5. The van der Waals surface area contributed by atoms with Crippen LogP contribution in [0.2, 0.25) is 0 Å². The highest BCUT2D eigenvalue weighted by Gasteiger charge is 1.99. The van der Waals surface area contributed by atoms with Gasteiger partial charge in [0.25, 0.3) is 0 Å². The molecule has 1 aromatic rings. The fourth-order valence-corrected chi connectivity index (χ4v) is 1.14. The largest absolute Gasteiger partial charge is 0.497 e. The minimum absolute atomic E-state index is 0.499. The van der Waals surface area contributed by atoms with Gasteiger partial charge >= 0.3 is 0 Å². The summed E-state index contributed by atoms with van der Waals surface area (Å²) in [5.74, 6) is 1.34. The summed E-state index contributed by atoms with van der Waals surface area (Å²) in [5.41, 5.74) is 6.25. The predicted octanol–water partition coefficient (Wildman–Crippen LogP) is 1.96. The Morgan fingerprint density at radius 3 is 2.73 bits per heavy atom. The Labute approximate surface area is 89.2 Å². The number of nitrogen functional groups attached to an aromatic ring is 1. The number of methoxy groups -OCH3 is 1. The van der Waals surface area contributed by atoms with Crippen LogP contribution in [0.15, 0.2) is 18.2 Å². The number of hydrogen-bond acceptors (Lipinski definition) is 4. The summed E-state index contributed by atoms with van der Waals surface area (Å²) in [4.78, 5) is 0. The monoisotopic (exact) mass is 206 g/mol. The molecule has 0 aliphatic heterocycles. The Kier molecular flexibility index (Phi) is 4.30. The van der Waals surface area contributed by atoms with Gasteiger partial charge in [-0.15, -0.1) is 0 Å². The maximum absolute atomic E-state index is 8.34. The number of rotatable bonds is 5. The number of ether oxygens (including phenoxy) is 2. The molecule has 0 spiro atoms. The Morgan fingerprint density at radius 2 is 2.07 bits per heavy atom. The van der Waals surface area contributed by atoms with E-state index in [9.17, 15) is 0 Å². The number of nitrogens with two attached hydrogens (primary N) is 1. The van der Waals surface area contributed by atoms with Gasteiger partial charge in [0.1, 0.15) is 11.5 Å². The molecule has 1 rings (SSSR count). The summed E-state index contributed by atoms with van der Waals surface area (Å²) in [5, 5.41) is 8.34. The van der Waals surface area contributed by atoms with Crippen molar-refractivity contribution < 1.29 is 9.47 Å². The zero-order valence-electron chi connectivity index (χ0n) is 8.69. The second-order valence-electron chi connectivity index (χ2n) is 3.05. The first-order valence-corrected chi connectivity index (χ1v) is 4.70. The molecule has 0 aromatic heterocycles. The highest BCUT2D eigenvalue weighted by molar-refractivity contribution is 5.50. The normalized spacial score (nSPS) is 9.33. The minimum Gasteiger partial charge on any atom is -0.497 e. The number of anilines is 1. The lowest BCUT2D eigenvalue weighted by molar-refractivity contribution is 0.310. The van der Waals surface area contributed by atoms with Crippen LogP contribution in [0, 0.1) is 11.3 Å². The Hall–Kier alpha value is -1.89. The van der Waals surface area contributed by atoms with Gasteiger partial charge in [0.15, 0.2) is 0 Å². The van der Waals surface area contributed by atoms with Gasteiger partial charge in [0, 0.05) is 30.3 Å². The molecule has 4 nitrogen and oxygen atoms in total. The minimum atomic E-state index is 0.499. The average molecular weight is 206 g/mol. The molecule has 2 N–H and O–H groups in total. The zero-order valence-corrected chi connectivity index (χ0v) is 8.69. The Morgan fingerprint density at radius 1 is 1.33 bits per heavy atom. The third kappa shape index (κ3) is 3.77. The van der Waals surface area contributed by atoms with Gasteiger partial charge in [0.05, 0.1) is 19.8 Å². The molecule has 0 bridgehead atoms. The standard InChI is InChI=1S/C11H14N2O2/c1-14-10-6-9(13)7-11(8-10)15-5-3-2-4-12/h6-8H,2-3,5,13H2,1H3. The molecule has 0 atom stereocenters. The van der Waals surface area contributed by atoms with Crippen LogP contribution in [0.25, 0.3) is 0 Å². The quantitative estimate of drug-likeness (QED) is 0.590. The molecule has 0 saturated heterocycles. The molecule has 0 radical (unpaired) electrons. The molecule has 0 fully saturated rings. The molecular formula is C11H14N2O2. The van der Waals surface area contributed by atoms with Crippen molar-refractivity contribution in [1.29, 1.82) is 5.26 Å². The SMILES string of the molecule is COc1cc(N)cc(OCCCC#N)c1. The summed E-state index contributed by atoms with van der Waals surface area (Å²) in [6.07, 6.45) is 1.22. The van der Waals surface area contributed by atoms with E-state index in [4.69, 9.17) is 20.5 Å². The van der Waals surface area contributed by atoms with Crippen LogP contribution in [0.3, 0.4) is 0 Å². The molecule has 0 aliphatic rings. The second kappa shape index (κ2) is 5.76. The maximum atomic E-state index is 8.34. The zero-order chi connectivity index (χ0) is 11.1. The summed E-state index contributed by atoms with van der Waals surface area (Å²) in [7, 11) is 1.58. The van der Waals surface area contributed by atoms with Crippen LogP contribution in [0.5, 0.6) is 11.5 Å². The smallest absolute Gasteiger partial charge is 0.125 e. The van der Waals surface area contributed by atoms with Crippen LogP contribution in [0.4, 0.5) is 5.69 Å². The van der Waals surface area contributed by atoms with Gasteiger partial charge in [-0.1, -0.05) is 0 Å². The number of nitrogens with zero attached hydrogens (tertiary/aromatic N) is 1. The third-order valence-corrected chi connectivity index (χ3v) is 1.84. The number of nitriles is 1. The van der Waals surface area contributed by atoms with Crippen molar-refractivity contribution in [1.82, 2.24) is 0 Å². The van der Waals surface area contributed by atoms with Crippen LogP contribution < -0.4 is 15.2 Å². The van der Waals surface area contributed by atoms with Crippen molar-refractivity contribution in [2.75, 3.05) is 19.5 Å². The van der Waals surface area contributed by atoms with E-state index in [0.29, 0.717) is 36.6 Å². The molecule has 0 amide bonds. The van der Waals surface area contributed by atoms with Gasteiger partial charge < -0.3 is 15.2 Å². The molecule has 0 saturated carbocycles. The van der Waals surface area contributed by atoms with Crippen molar-refractivity contribution >= 4 is 5.69 Å². The third-order valence-electron chi connectivity index (χ3n) is 1.84. The van der Waals surface area contributed by atoms with E-state index < -0.39 is 0 Å². The topological polar surface area (TPSA) is 68.3 Å². The Bertz CT molecular complexity index is 358. The number of benzene rings is 1. The highest BCUT2D eigenvalue weighted by atomic mass is 16.5. The highest BCUT2D eigenvalue weighted by Crippen LogP contribution is 2.24. The van der Waals surface area contributed by atoms with Gasteiger partial charge in [-0.2, -0.15) is 5.26 Å². The van der Waals surface area contributed by atoms with Crippen molar-refractivity contribution in [3.63, 3.8) is 0 Å². The molecule has 80 valence electrons. The summed E-state index contributed by atoms with van der Waals surface area (Å²) >= 11 is 0. The molecular weight excluding hydrogens is 192 g/mol. The van der Waals surface area contributed by atoms with E-state index in [-0.39, 0.29) is 0 Å². The molecule has 0 heterocycles. The van der Waals surface area contributed by atoms with Crippen molar-refractivity contribution in [3.05, 3.63) is 18.2 Å². The van der Waals surface area contributed by atoms with E-state index in [0.717, 1.165) is 0 Å². The van der Waals surface area contributed by atoms with E-state index in [2.05, 4.69) is 6.07 Å². The summed E-state index contributed by atoms with van der Waals surface area (Å²) in [6, 6.07) is 7.28. The van der Waals surface area contributed by atoms with E-state index in [1.54, 1.807) is 25.3 Å². The molecule has 1 aromatic carbocycles. The Balaban J connectivity index is 2.53. The van der Waals surface area contributed by atoms with Gasteiger partial charge in [0.2, 0.25) is 0 Å². The summed E-state index contributed by atoms with van der Waals surface area (Å²) in [6.45, 7) is 0.514. The molecule has 15 heavy (non-hydrogen) atoms. The van der Waals surface area contributed by atoms with E-state index in [1.165, 1.54) is 0 Å². The lowest BCUT2D eigenvalue weighted by Crippen LogP contribution is -1.98. The van der Waals surface area contributed by atoms with Gasteiger partial charge in [-0.05, 0) is 6.42 Å². The number of unbranched alkanes of at least 4 members (excludes halogenated alkanes) is 1. The van der Waals surface area contributed by atoms with Crippen molar-refractivity contribution in [2.45, 2.75) is 12.8 Å². The maximum Gasteiger partial charge on any atom is 0.125 e. The first-order valence-electron chi connectivity index (χ1n) is 4.70. The fraction of sp³-hybridized carbons (Fsp3) is 0.364. The molecule has 4 heteroatoms. The first-order chi connectivity index (χ1) is 7.26. The lowest BCUT2D eigenvalue weighted by Gasteiger charge is -2.08. The first kappa shape index (κ1) is 11.2. The average Bonchev–Trinajstić information content (AvgIpc) is 2.23. The second-order valence-corrected chi connectivity index (χ2v) is 3.05. The fourth-order valence-electron chi connectivity index (χ4n) is 1.14. The van der Waals surface area contributed by atoms with E-state index >= 15 is 0 Å².